The molecule has 0 radical (unpaired) electrons. The van der Waals surface area contributed by atoms with E-state index in [1.165, 1.54) is 24.5 Å². The number of hydrogen-bond donors (Lipinski definition) is 2. The zero-order chi connectivity index (χ0) is 18.1. The second-order valence-electron chi connectivity index (χ2n) is 5.75. The predicted octanol–water partition coefficient (Wildman–Crippen LogP) is 2.21. The number of carbonyl (C=O) groups is 2. The largest absolute Gasteiger partial charge is 0.459 e. The number of nitrogens with zero attached hydrogens (tertiary/aromatic N) is 2. The van der Waals surface area contributed by atoms with E-state index in [0.29, 0.717) is 17.0 Å². The molecule has 26 heavy (non-hydrogen) atoms. The van der Waals surface area contributed by atoms with E-state index in [9.17, 15) is 14.0 Å². The van der Waals surface area contributed by atoms with Crippen LogP contribution in [-0.2, 0) is 16.1 Å². The van der Waals surface area contributed by atoms with Gasteiger partial charge in [-0.1, -0.05) is 11.2 Å². The van der Waals surface area contributed by atoms with Gasteiger partial charge >= 0.3 is 0 Å². The average molecular weight is 356 g/mol. The molecule has 1 aliphatic rings. The lowest BCUT2D eigenvalue weighted by atomic mass is 9.89. The molecule has 9 heteroatoms. The van der Waals surface area contributed by atoms with Crippen LogP contribution in [0.5, 0.6) is 0 Å². The van der Waals surface area contributed by atoms with Crippen molar-refractivity contribution in [3.05, 3.63) is 53.8 Å². The van der Waals surface area contributed by atoms with Crippen LogP contribution < -0.4 is 10.6 Å². The predicted molar refractivity (Wildman–Crippen MR) is 86.2 cm³/mol. The molecule has 4 rings (SSSR count). The lowest BCUT2D eigenvalue weighted by molar-refractivity contribution is -0.126. The average Bonchev–Trinajstić information content (AvgIpc) is 3.29. The molecule has 1 aliphatic heterocycles. The lowest BCUT2D eigenvalue weighted by Crippen LogP contribution is -2.35. The smallest absolute Gasteiger partial charge is 0.293 e. The number of aromatic nitrogens is 2. The Hall–Kier alpha value is -3.49. The van der Waals surface area contributed by atoms with Crippen molar-refractivity contribution in [3.8, 4) is 11.7 Å². The molecule has 0 spiro atoms. The summed E-state index contributed by atoms with van der Waals surface area (Å²) in [6, 6.07) is 7.31. The Morgan fingerprint density at radius 1 is 1.38 bits per heavy atom. The number of benzene rings is 1. The van der Waals surface area contributed by atoms with E-state index in [1.807, 2.05) is 0 Å². The van der Waals surface area contributed by atoms with Crippen LogP contribution in [0.2, 0.25) is 0 Å². The van der Waals surface area contributed by atoms with Gasteiger partial charge in [0.1, 0.15) is 5.82 Å². The Bertz CT molecular complexity index is 967. The number of amides is 2. The summed E-state index contributed by atoms with van der Waals surface area (Å²) in [6.07, 6.45) is 1.46. The highest BCUT2D eigenvalue weighted by Crippen LogP contribution is 2.32. The maximum absolute atomic E-state index is 13.4. The molecule has 0 saturated heterocycles. The number of nitrogens with one attached hydrogen (secondary N) is 2. The van der Waals surface area contributed by atoms with Crippen molar-refractivity contribution in [3.63, 3.8) is 0 Å². The number of halogens is 1. The van der Waals surface area contributed by atoms with Gasteiger partial charge in [0.2, 0.25) is 11.8 Å². The van der Waals surface area contributed by atoms with Crippen molar-refractivity contribution < 1.29 is 22.9 Å². The van der Waals surface area contributed by atoms with E-state index < -0.39 is 11.7 Å². The van der Waals surface area contributed by atoms with E-state index >= 15 is 0 Å². The van der Waals surface area contributed by atoms with Crippen LogP contribution in [0.25, 0.3) is 11.7 Å². The monoisotopic (exact) mass is 356 g/mol. The lowest BCUT2D eigenvalue weighted by Gasteiger charge is -2.24. The van der Waals surface area contributed by atoms with Crippen LogP contribution in [0, 0.1) is 5.82 Å². The maximum atomic E-state index is 13.4. The highest BCUT2D eigenvalue weighted by molar-refractivity contribution is 6.01. The molecule has 0 unspecified atom stereocenters. The highest BCUT2D eigenvalue weighted by atomic mass is 19.1. The van der Waals surface area contributed by atoms with Crippen LogP contribution in [-0.4, -0.2) is 22.0 Å². The summed E-state index contributed by atoms with van der Waals surface area (Å²) in [6.45, 7) is 0.0255. The normalized spacial score (nSPS) is 16.0. The van der Waals surface area contributed by atoms with Gasteiger partial charge in [-0.2, -0.15) is 4.98 Å². The van der Waals surface area contributed by atoms with Crippen LogP contribution in [0.1, 0.15) is 23.7 Å². The van der Waals surface area contributed by atoms with Crippen LogP contribution in [0.3, 0.4) is 0 Å². The molecular weight excluding hydrogens is 343 g/mol. The van der Waals surface area contributed by atoms with E-state index in [2.05, 4.69) is 20.8 Å². The quantitative estimate of drug-likeness (QED) is 0.742. The van der Waals surface area contributed by atoms with E-state index in [-0.39, 0.29) is 36.5 Å². The number of rotatable bonds is 4. The van der Waals surface area contributed by atoms with Gasteiger partial charge in [-0.15, -0.1) is 0 Å². The van der Waals surface area contributed by atoms with Gasteiger partial charge in [0.25, 0.3) is 5.89 Å². The summed E-state index contributed by atoms with van der Waals surface area (Å²) in [5, 5.41) is 9.01. The van der Waals surface area contributed by atoms with Gasteiger partial charge in [0.15, 0.2) is 11.6 Å². The first-order valence-corrected chi connectivity index (χ1v) is 7.83. The number of carbonyl (C=O) groups excluding carboxylic acids is 2. The van der Waals surface area contributed by atoms with Gasteiger partial charge in [-0.25, -0.2) is 4.39 Å². The Morgan fingerprint density at radius 3 is 3.08 bits per heavy atom. The van der Waals surface area contributed by atoms with Crippen LogP contribution in [0.4, 0.5) is 10.1 Å². The molecule has 3 heterocycles. The Morgan fingerprint density at radius 2 is 2.27 bits per heavy atom. The first-order chi connectivity index (χ1) is 12.6. The Kier molecular flexibility index (Phi) is 3.96. The van der Waals surface area contributed by atoms with Crippen LogP contribution >= 0.6 is 0 Å². The summed E-state index contributed by atoms with van der Waals surface area (Å²) in [5.74, 6) is -1.02. The molecule has 3 aromatic rings. The number of anilines is 1. The van der Waals surface area contributed by atoms with Crippen molar-refractivity contribution >= 4 is 17.5 Å². The van der Waals surface area contributed by atoms with Gasteiger partial charge in [-0.3, -0.25) is 9.59 Å². The van der Waals surface area contributed by atoms with Gasteiger partial charge in [0, 0.05) is 12.1 Å². The first-order valence-electron chi connectivity index (χ1n) is 7.83. The Labute approximate surface area is 146 Å². The fourth-order valence-electron chi connectivity index (χ4n) is 2.79. The summed E-state index contributed by atoms with van der Waals surface area (Å²) in [4.78, 5) is 28.4. The summed E-state index contributed by atoms with van der Waals surface area (Å²) < 4.78 is 23.6. The van der Waals surface area contributed by atoms with Gasteiger partial charge in [0.05, 0.1) is 18.7 Å². The van der Waals surface area contributed by atoms with Crippen molar-refractivity contribution in [2.24, 2.45) is 0 Å². The fourth-order valence-corrected chi connectivity index (χ4v) is 2.79. The highest BCUT2D eigenvalue weighted by Gasteiger charge is 2.31. The second kappa shape index (κ2) is 6.43. The molecule has 0 saturated carbocycles. The van der Waals surface area contributed by atoms with Crippen LogP contribution in [0.15, 0.2) is 45.5 Å². The number of furan rings is 1. The molecule has 0 fully saturated rings. The minimum absolute atomic E-state index is 0.0195. The molecule has 2 N–H and O–H groups in total. The summed E-state index contributed by atoms with van der Waals surface area (Å²) in [5.41, 5.74) is 0.869. The second-order valence-corrected chi connectivity index (χ2v) is 5.75. The standard InChI is InChI=1S/C17H13FN4O4/c18-9-3-4-10-11(7-15(23)20-12(10)6-9)16(24)19-8-14-21-17(26-22-14)13-2-1-5-25-13/h1-6,11H,7-8H2,(H,19,24)(H,20,23)/t11-/m0/s1. The molecule has 2 aromatic heterocycles. The van der Waals surface area contributed by atoms with Crippen molar-refractivity contribution in [2.75, 3.05) is 5.32 Å². The number of fused-ring (bicyclic) bond motifs is 1. The molecule has 132 valence electrons. The minimum Gasteiger partial charge on any atom is -0.459 e. The number of hydrogen-bond acceptors (Lipinski definition) is 6. The zero-order valence-corrected chi connectivity index (χ0v) is 13.4. The SMILES string of the molecule is O=C1C[C@H](C(=O)NCc2noc(-c3ccco3)n2)c2ccc(F)cc2N1. The fraction of sp³-hybridized carbons (Fsp3) is 0.176. The van der Waals surface area contributed by atoms with Crippen molar-refractivity contribution in [1.82, 2.24) is 15.5 Å². The molecule has 8 nitrogen and oxygen atoms in total. The third kappa shape index (κ3) is 3.06. The molecule has 1 aromatic carbocycles. The first kappa shape index (κ1) is 16.0. The maximum Gasteiger partial charge on any atom is 0.293 e. The van der Waals surface area contributed by atoms with E-state index in [0.717, 1.165) is 0 Å². The molecular formula is C17H13FN4O4. The zero-order valence-electron chi connectivity index (χ0n) is 13.4. The molecule has 0 aliphatic carbocycles. The Balaban J connectivity index is 1.46. The molecule has 2 amide bonds. The third-order valence-corrected chi connectivity index (χ3v) is 3.99. The topological polar surface area (TPSA) is 110 Å². The summed E-state index contributed by atoms with van der Waals surface area (Å²) in [7, 11) is 0. The molecule has 1 atom stereocenters. The van der Waals surface area contributed by atoms with E-state index in [1.54, 1.807) is 12.1 Å². The van der Waals surface area contributed by atoms with E-state index in [4.69, 9.17) is 8.94 Å². The summed E-state index contributed by atoms with van der Waals surface area (Å²) >= 11 is 0. The van der Waals surface area contributed by atoms with Crippen molar-refractivity contribution in [2.45, 2.75) is 18.9 Å². The molecule has 0 bridgehead atoms. The van der Waals surface area contributed by atoms with Gasteiger partial charge < -0.3 is 19.6 Å². The van der Waals surface area contributed by atoms with Crippen molar-refractivity contribution in [1.29, 1.82) is 0 Å². The third-order valence-electron chi connectivity index (χ3n) is 3.99. The van der Waals surface area contributed by atoms with Gasteiger partial charge in [-0.05, 0) is 29.8 Å². The minimum atomic E-state index is -0.712.